The van der Waals surface area contributed by atoms with Gasteiger partial charge in [-0.1, -0.05) is 29.8 Å². The number of piperidine rings is 1. The molecule has 0 spiro atoms. The van der Waals surface area contributed by atoms with Gasteiger partial charge < -0.3 is 15.0 Å². The van der Waals surface area contributed by atoms with Crippen molar-refractivity contribution in [2.45, 2.75) is 38.2 Å². The first kappa shape index (κ1) is 20.4. The number of carbonyl (C=O) groups excluding carboxylic acids is 3. The van der Waals surface area contributed by atoms with E-state index in [1.54, 1.807) is 42.2 Å². The maximum absolute atomic E-state index is 13.2. The average molecular weight is 427 g/mol. The van der Waals surface area contributed by atoms with Crippen molar-refractivity contribution in [3.63, 3.8) is 0 Å². The van der Waals surface area contributed by atoms with Crippen molar-refractivity contribution < 1.29 is 19.1 Å². The van der Waals surface area contributed by atoms with Crippen LogP contribution in [0.25, 0.3) is 0 Å². The number of nitrogens with zero attached hydrogens (tertiary/aromatic N) is 1. The van der Waals surface area contributed by atoms with E-state index in [1.807, 2.05) is 12.1 Å². The number of esters is 1. The highest BCUT2D eigenvalue weighted by atomic mass is 35.5. The monoisotopic (exact) mass is 426 g/mol. The maximum Gasteiger partial charge on any atom is 0.339 e. The Hall–Kier alpha value is -2.86. The summed E-state index contributed by atoms with van der Waals surface area (Å²) >= 11 is 6.14. The number of nitrogens with one attached hydrogen (secondary N) is 1. The van der Waals surface area contributed by atoms with Crippen LogP contribution in [0, 0.1) is 0 Å². The zero-order valence-corrected chi connectivity index (χ0v) is 17.5. The number of anilines is 1. The fourth-order valence-electron chi connectivity index (χ4n) is 3.99. The Labute approximate surface area is 180 Å². The number of fused-ring (bicyclic) bond motifs is 1. The molecule has 2 aromatic rings. The van der Waals surface area contributed by atoms with Crippen LogP contribution in [0.4, 0.5) is 5.69 Å². The lowest BCUT2D eigenvalue weighted by Gasteiger charge is -2.33. The summed E-state index contributed by atoms with van der Waals surface area (Å²) in [5, 5.41) is 3.18. The fourth-order valence-corrected chi connectivity index (χ4v) is 4.16. The summed E-state index contributed by atoms with van der Waals surface area (Å²) in [4.78, 5) is 40.4. The normalized spacial score (nSPS) is 20.9. The smallest absolute Gasteiger partial charge is 0.339 e. The van der Waals surface area contributed by atoms with Crippen molar-refractivity contribution in [1.29, 1.82) is 0 Å². The van der Waals surface area contributed by atoms with Crippen LogP contribution in [0.2, 0.25) is 5.02 Å². The van der Waals surface area contributed by atoms with E-state index in [9.17, 15) is 14.4 Å². The Morgan fingerprint density at radius 3 is 2.60 bits per heavy atom. The van der Waals surface area contributed by atoms with Crippen LogP contribution in [0.15, 0.2) is 42.5 Å². The van der Waals surface area contributed by atoms with Crippen LogP contribution in [-0.4, -0.2) is 41.4 Å². The van der Waals surface area contributed by atoms with E-state index in [4.69, 9.17) is 16.3 Å². The third-order valence-corrected chi connectivity index (χ3v) is 5.90. The van der Waals surface area contributed by atoms with Crippen LogP contribution in [0.5, 0.6) is 0 Å². The number of carbonyl (C=O) groups is 3. The second kappa shape index (κ2) is 8.11. The Balaban J connectivity index is 1.60. The minimum Gasteiger partial charge on any atom is -0.445 e. The van der Waals surface area contributed by atoms with E-state index in [0.29, 0.717) is 34.9 Å². The number of halogens is 1. The summed E-state index contributed by atoms with van der Waals surface area (Å²) in [6.45, 7) is 2.97. The van der Waals surface area contributed by atoms with Crippen LogP contribution in [0.3, 0.4) is 0 Å². The number of amides is 2. The van der Waals surface area contributed by atoms with Crippen molar-refractivity contribution in [3.05, 3.63) is 64.2 Å². The molecule has 7 heteroatoms. The van der Waals surface area contributed by atoms with E-state index in [1.165, 1.54) is 0 Å². The largest absolute Gasteiger partial charge is 0.445 e. The van der Waals surface area contributed by atoms with Crippen LogP contribution in [-0.2, 0) is 16.0 Å². The van der Waals surface area contributed by atoms with Gasteiger partial charge in [0.05, 0.1) is 16.8 Å². The molecule has 2 amide bonds. The summed E-state index contributed by atoms with van der Waals surface area (Å²) in [6, 6.07) is 11.9. The number of hydrogen-bond donors (Lipinski definition) is 1. The van der Waals surface area contributed by atoms with Gasteiger partial charge in [0.15, 0.2) is 5.60 Å². The molecule has 0 radical (unpaired) electrons. The molecule has 1 saturated heterocycles. The van der Waals surface area contributed by atoms with E-state index in [0.717, 1.165) is 24.8 Å². The molecule has 0 aromatic heterocycles. The lowest BCUT2D eigenvalue weighted by Crippen LogP contribution is -2.49. The van der Waals surface area contributed by atoms with Crippen molar-refractivity contribution in [3.8, 4) is 0 Å². The molecule has 0 bridgehead atoms. The summed E-state index contributed by atoms with van der Waals surface area (Å²) in [5.74, 6) is -1.18. The van der Waals surface area contributed by atoms with Gasteiger partial charge in [-0.25, -0.2) is 4.79 Å². The van der Waals surface area contributed by atoms with Crippen LogP contribution < -0.4 is 5.32 Å². The minimum absolute atomic E-state index is 0.141. The standard InChI is InChI=1S/C23H23ClN2O4/c1-23(14-15-7-3-4-8-17(15)21(28)30-23)22(29)25-19-13-16(24)9-10-18(19)20(27)26-11-5-2-6-12-26/h3-4,7-10,13H,2,5-6,11-12,14H2,1H3,(H,25,29). The summed E-state index contributed by atoms with van der Waals surface area (Å²) in [7, 11) is 0. The Bertz CT molecular complexity index is 1020. The lowest BCUT2D eigenvalue weighted by molar-refractivity contribution is -0.134. The molecule has 1 atom stereocenters. The third kappa shape index (κ3) is 3.92. The predicted molar refractivity (Wildman–Crippen MR) is 114 cm³/mol. The van der Waals surface area contributed by atoms with Crippen molar-refractivity contribution in [2.75, 3.05) is 18.4 Å². The topological polar surface area (TPSA) is 75.7 Å². The molecule has 2 aliphatic heterocycles. The van der Waals surface area contributed by atoms with Crippen LogP contribution in [0.1, 0.15) is 52.5 Å². The molecule has 6 nitrogen and oxygen atoms in total. The molecule has 156 valence electrons. The van der Waals surface area contributed by atoms with Gasteiger partial charge in [-0.05, 0) is 56.0 Å². The number of rotatable bonds is 3. The van der Waals surface area contributed by atoms with Gasteiger partial charge in [0.1, 0.15) is 0 Å². The number of cyclic esters (lactones) is 1. The molecule has 4 rings (SSSR count). The van der Waals surface area contributed by atoms with E-state index < -0.39 is 17.5 Å². The number of benzene rings is 2. The second-order valence-electron chi connectivity index (χ2n) is 7.95. The Morgan fingerprint density at radius 2 is 1.83 bits per heavy atom. The first-order chi connectivity index (χ1) is 14.4. The summed E-state index contributed by atoms with van der Waals surface area (Å²) in [5.41, 5.74) is 0.521. The van der Waals surface area contributed by atoms with Crippen molar-refractivity contribution in [2.24, 2.45) is 0 Å². The summed E-state index contributed by atoms with van der Waals surface area (Å²) in [6.07, 6.45) is 3.29. The van der Waals surface area contributed by atoms with Gasteiger partial charge in [0.25, 0.3) is 11.8 Å². The van der Waals surface area contributed by atoms with E-state index in [-0.39, 0.29) is 12.3 Å². The highest BCUT2D eigenvalue weighted by Crippen LogP contribution is 2.31. The molecule has 2 heterocycles. The van der Waals surface area contributed by atoms with Gasteiger partial charge in [-0.15, -0.1) is 0 Å². The molecule has 1 fully saturated rings. The van der Waals surface area contributed by atoms with E-state index in [2.05, 4.69) is 5.32 Å². The van der Waals surface area contributed by atoms with Gasteiger partial charge in [0, 0.05) is 24.5 Å². The average Bonchev–Trinajstić information content (AvgIpc) is 2.74. The predicted octanol–water partition coefficient (Wildman–Crippen LogP) is 4.08. The van der Waals surface area contributed by atoms with Crippen molar-refractivity contribution >= 4 is 35.1 Å². The van der Waals surface area contributed by atoms with Crippen LogP contribution >= 0.6 is 11.6 Å². The molecule has 1 unspecified atom stereocenters. The zero-order valence-electron chi connectivity index (χ0n) is 16.7. The first-order valence-corrected chi connectivity index (χ1v) is 10.5. The lowest BCUT2D eigenvalue weighted by atomic mass is 9.89. The van der Waals surface area contributed by atoms with Gasteiger partial charge in [0.2, 0.25) is 0 Å². The molecule has 1 N–H and O–H groups in total. The fraction of sp³-hybridized carbons (Fsp3) is 0.348. The molecule has 0 saturated carbocycles. The van der Waals surface area contributed by atoms with Gasteiger partial charge in [-0.3, -0.25) is 9.59 Å². The number of ether oxygens (including phenoxy) is 1. The molecule has 2 aromatic carbocycles. The first-order valence-electron chi connectivity index (χ1n) is 10.1. The molecule has 0 aliphatic carbocycles. The highest BCUT2D eigenvalue weighted by molar-refractivity contribution is 6.31. The molecular formula is C23H23ClN2O4. The molecular weight excluding hydrogens is 404 g/mol. The van der Waals surface area contributed by atoms with Crippen molar-refractivity contribution in [1.82, 2.24) is 4.90 Å². The minimum atomic E-state index is -1.39. The SMILES string of the molecule is CC1(C(=O)Nc2cc(Cl)ccc2C(=O)N2CCCCC2)Cc2ccccc2C(=O)O1. The molecule has 2 aliphatic rings. The second-order valence-corrected chi connectivity index (χ2v) is 8.39. The summed E-state index contributed by atoms with van der Waals surface area (Å²) < 4.78 is 5.50. The zero-order chi connectivity index (χ0) is 21.3. The van der Waals surface area contributed by atoms with Gasteiger partial charge >= 0.3 is 5.97 Å². The number of likely N-dealkylation sites (tertiary alicyclic amines) is 1. The quantitative estimate of drug-likeness (QED) is 0.750. The Kier molecular flexibility index (Phi) is 5.52. The maximum atomic E-state index is 13.2. The molecule has 30 heavy (non-hydrogen) atoms. The van der Waals surface area contributed by atoms with E-state index >= 15 is 0 Å². The Morgan fingerprint density at radius 1 is 1.10 bits per heavy atom. The third-order valence-electron chi connectivity index (χ3n) is 5.67. The van der Waals surface area contributed by atoms with Gasteiger partial charge in [-0.2, -0.15) is 0 Å². The number of hydrogen-bond acceptors (Lipinski definition) is 4. The highest BCUT2D eigenvalue weighted by Gasteiger charge is 2.43.